The second kappa shape index (κ2) is 11.1. The predicted octanol–water partition coefficient (Wildman–Crippen LogP) is 7.07. The molecule has 1 saturated heterocycles. The van der Waals surface area contributed by atoms with Crippen molar-refractivity contribution in [2.75, 3.05) is 24.5 Å². The summed E-state index contributed by atoms with van der Waals surface area (Å²) in [6.45, 7) is 7.12. The minimum Gasteiger partial charge on any atom is -0.370 e. The van der Waals surface area contributed by atoms with Crippen LogP contribution in [0.1, 0.15) is 43.4 Å². The van der Waals surface area contributed by atoms with Crippen LogP contribution in [0, 0.1) is 11.3 Å². The Kier molecular flexibility index (Phi) is 7.90. The van der Waals surface area contributed by atoms with Crippen LogP contribution in [0.5, 0.6) is 0 Å². The molecular formula is C28H28Cl2N4. The van der Waals surface area contributed by atoms with Crippen LogP contribution < -0.4 is 10.2 Å². The van der Waals surface area contributed by atoms with Gasteiger partial charge in [0.15, 0.2) is 0 Å². The largest absolute Gasteiger partial charge is 0.370 e. The van der Waals surface area contributed by atoms with Crippen LogP contribution in [0.2, 0.25) is 10.0 Å². The number of benzene rings is 2. The van der Waals surface area contributed by atoms with E-state index >= 15 is 0 Å². The maximum absolute atomic E-state index is 9.30. The third-order valence-electron chi connectivity index (χ3n) is 6.24. The van der Waals surface area contributed by atoms with Crippen LogP contribution in [0.25, 0.3) is 22.8 Å². The Labute approximate surface area is 211 Å². The molecule has 0 unspecified atom stereocenters. The van der Waals surface area contributed by atoms with Gasteiger partial charge in [0.1, 0.15) is 0 Å². The predicted molar refractivity (Wildman–Crippen MR) is 143 cm³/mol. The highest BCUT2D eigenvalue weighted by atomic mass is 35.5. The van der Waals surface area contributed by atoms with E-state index in [4.69, 9.17) is 23.2 Å². The summed E-state index contributed by atoms with van der Waals surface area (Å²) in [7, 11) is 0. The van der Waals surface area contributed by atoms with Crippen LogP contribution in [-0.2, 0) is 0 Å². The number of allylic oxidation sites excluding steroid dienone is 1. The average molecular weight is 491 g/mol. The van der Waals surface area contributed by atoms with E-state index in [1.807, 2.05) is 48.8 Å². The van der Waals surface area contributed by atoms with Crippen LogP contribution in [0.15, 0.2) is 54.9 Å². The second-order valence-electron chi connectivity index (χ2n) is 8.62. The summed E-state index contributed by atoms with van der Waals surface area (Å²) in [6.07, 6.45) is 8.14. The van der Waals surface area contributed by atoms with Crippen LogP contribution in [-0.4, -0.2) is 30.7 Å². The number of nitrogens with one attached hydrogen (secondary N) is 1. The van der Waals surface area contributed by atoms with Crippen molar-refractivity contribution in [1.29, 1.82) is 5.26 Å². The third kappa shape index (κ3) is 5.62. The molecular weight excluding hydrogens is 463 g/mol. The van der Waals surface area contributed by atoms with Crippen LogP contribution >= 0.6 is 23.2 Å². The molecule has 0 bridgehead atoms. The Hall–Kier alpha value is -2.84. The number of halogens is 2. The van der Waals surface area contributed by atoms with Crippen LogP contribution in [0.3, 0.4) is 0 Å². The van der Waals surface area contributed by atoms with E-state index in [1.165, 1.54) is 0 Å². The van der Waals surface area contributed by atoms with E-state index < -0.39 is 0 Å². The molecule has 2 heterocycles. The molecule has 0 saturated carbocycles. The first-order valence-corrected chi connectivity index (χ1v) is 12.4. The van der Waals surface area contributed by atoms with Gasteiger partial charge in [0.25, 0.3) is 0 Å². The number of aromatic nitrogens is 1. The molecule has 6 heteroatoms. The lowest BCUT2D eigenvalue weighted by molar-refractivity contribution is 0.424. The van der Waals surface area contributed by atoms with Crippen molar-refractivity contribution >= 4 is 40.5 Å². The topological polar surface area (TPSA) is 52.0 Å². The van der Waals surface area contributed by atoms with E-state index in [-0.39, 0.29) is 0 Å². The van der Waals surface area contributed by atoms with Crippen molar-refractivity contribution < 1.29 is 0 Å². The second-order valence-corrected chi connectivity index (χ2v) is 9.49. The van der Waals surface area contributed by atoms with Crippen LogP contribution in [0.4, 0.5) is 5.69 Å². The zero-order valence-corrected chi connectivity index (χ0v) is 21.0. The molecule has 34 heavy (non-hydrogen) atoms. The van der Waals surface area contributed by atoms with Gasteiger partial charge in [-0.3, -0.25) is 4.98 Å². The summed E-state index contributed by atoms with van der Waals surface area (Å²) in [5, 5.41) is 14.1. The summed E-state index contributed by atoms with van der Waals surface area (Å²) in [4.78, 5) is 7.03. The number of anilines is 1. The Morgan fingerprint density at radius 1 is 1.15 bits per heavy atom. The Bertz CT molecular complexity index is 1220. The maximum Gasteiger partial charge on any atom is 0.0991 e. The Balaban J connectivity index is 1.81. The number of pyridine rings is 1. The molecule has 0 aliphatic carbocycles. The molecule has 174 valence electrons. The Morgan fingerprint density at radius 2 is 1.88 bits per heavy atom. The molecule has 4 rings (SSSR count). The number of rotatable bonds is 6. The van der Waals surface area contributed by atoms with E-state index in [9.17, 15) is 5.26 Å². The number of nitrogens with zero attached hydrogens (tertiary/aromatic N) is 3. The fourth-order valence-electron chi connectivity index (χ4n) is 4.60. The van der Waals surface area contributed by atoms with Gasteiger partial charge in [-0.25, -0.2) is 0 Å². The standard InChI is InChI=1S/C28H28Cl2N4/c1-3-33-26-7-9-34(10-8-26)28-23(11-19(2)21-6-4-5-20(12-21)16-31)17-32-18-27(28)22-13-24(29)15-25(30)14-22/h4-6,11-15,17-18,26,33H,3,7-10H2,1-2H3/b19-11+. The van der Waals surface area contributed by atoms with Crippen molar-refractivity contribution in [3.8, 4) is 17.2 Å². The zero-order valence-electron chi connectivity index (χ0n) is 19.5. The highest BCUT2D eigenvalue weighted by Crippen LogP contribution is 2.38. The summed E-state index contributed by atoms with van der Waals surface area (Å²) in [6, 6.07) is 16.1. The maximum atomic E-state index is 9.30. The fraction of sp³-hybridized carbons (Fsp3) is 0.286. The summed E-state index contributed by atoms with van der Waals surface area (Å²) >= 11 is 12.7. The number of hydrogen-bond donors (Lipinski definition) is 1. The number of piperidine rings is 1. The lowest BCUT2D eigenvalue weighted by Gasteiger charge is -2.36. The van der Waals surface area contributed by atoms with Gasteiger partial charge < -0.3 is 10.2 Å². The lowest BCUT2D eigenvalue weighted by Crippen LogP contribution is -2.42. The first-order chi connectivity index (χ1) is 16.5. The van der Waals surface area contributed by atoms with E-state index in [1.54, 1.807) is 6.07 Å². The van der Waals surface area contributed by atoms with Gasteiger partial charge in [0.2, 0.25) is 0 Å². The molecule has 1 N–H and O–H groups in total. The molecule has 4 nitrogen and oxygen atoms in total. The molecule has 3 aromatic rings. The van der Waals surface area contributed by atoms with Gasteiger partial charge in [-0.15, -0.1) is 0 Å². The average Bonchev–Trinajstić information content (AvgIpc) is 2.84. The van der Waals surface area contributed by atoms with Gasteiger partial charge in [-0.1, -0.05) is 42.3 Å². The van der Waals surface area contributed by atoms with Gasteiger partial charge in [-0.2, -0.15) is 5.26 Å². The van der Waals surface area contributed by atoms with E-state index in [2.05, 4.69) is 41.2 Å². The fourth-order valence-corrected chi connectivity index (χ4v) is 5.12. The van der Waals surface area contributed by atoms with E-state index in [0.717, 1.165) is 66.0 Å². The monoisotopic (exact) mass is 490 g/mol. The molecule has 0 spiro atoms. The lowest BCUT2D eigenvalue weighted by atomic mass is 9.96. The van der Waals surface area contributed by atoms with Gasteiger partial charge in [0, 0.05) is 52.7 Å². The minimum absolute atomic E-state index is 0.543. The highest BCUT2D eigenvalue weighted by molar-refractivity contribution is 6.35. The normalized spacial score (nSPS) is 14.8. The number of nitriles is 1. The molecule has 0 radical (unpaired) electrons. The van der Waals surface area contributed by atoms with Gasteiger partial charge >= 0.3 is 0 Å². The highest BCUT2D eigenvalue weighted by Gasteiger charge is 2.23. The van der Waals surface area contributed by atoms with Crippen molar-refractivity contribution in [2.45, 2.75) is 32.7 Å². The Morgan fingerprint density at radius 3 is 2.56 bits per heavy atom. The summed E-state index contributed by atoms with van der Waals surface area (Å²) in [5.41, 5.74) is 6.88. The van der Waals surface area contributed by atoms with Gasteiger partial charge in [0.05, 0.1) is 17.3 Å². The first kappa shape index (κ1) is 24.3. The zero-order chi connectivity index (χ0) is 24.1. The molecule has 2 aromatic carbocycles. The molecule has 1 aliphatic rings. The van der Waals surface area contributed by atoms with Gasteiger partial charge in [-0.05, 0) is 79.4 Å². The smallest absolute Gasteiger partial charge is 0.0991 e. The quantitative estimate of drug-likeness (QED) is 0.401. The van der Waals surface area contributed by atoms with Crippen molar-refractivity contribution in [2.24, 2.45) is 0 Å². The summed E-state index contributed by atoms with van der Waals surface area (Å²) in [5.74, 6) is 0. The molecule has 0 atom stereocenters. The summed E-state index contributed by atoms with van der Waals surface area (Å²) < 4.78 is 0. The SMILES string of the molecule is CCNC1CCN(c2c(/C=C(\C)c3cccc(C#N)c3)cncc2-c2cc(Cl)cc(Cl)c2)CC1. The number of hydrogen-bond acceptors (Lipinski definition) is 4. The molecule has 0 amide bonds. The van der Waals surface area contributed by atoms with E-state index in [0.29, 0.717) is 21.7 Å². The van der Waals surface area contributed by atoms with Crippen molar-refractivity contribution in [3.63, 3.8) is 0 Å². The first-order valence-electron chi connectivity index (χ1n) is 11.6. The molecule has 1 fully saturated rings. The third-order valence-corrected chi connectivity index (χ3v) is 6.68. The van der Waals surface area contributed by atoms with Crippen molar-refractivity contribution in [1.82, 2.24) is 10.3 Å². The molecule has 1 aliphatic heterocycles. The minimum atomic E-state index is 0.543. The van der Waals surface area contributed by atoms with Crippen molar-refractivity contribution in [3.05, 3.63) is 81.6 Å². The molecule has 1 aromatic heterocycles.